The first-order valence-corrected chi connectivity index (χ1v) is 6.83. The van der Waals surface area contributed by atoms with Crippen molar-refractivity contribution in [2.45, 2.75) is 13.5 Å². The van der Waals surface area contributed by atoms with Crippen LogP contribution in [0.15, 0.2) is 48.5 Å². The molecular formula is C16H17ClN2O. The van der Waals surface area contributed by atoms with E-state index in [4.69, 9.17) is 11.6 Å². The summed E-state index contributed by atoms with van der Waals surface area (Å²) in [5.41, 5.74) is 3.17. The van der Waals surface area contributed by atoms with Gasteiger partial charge in [0.05, 0.1) is 6.54 Å². The van der Waals surface area contributed by atoms with Crippen LogP contribution in [0, 0.1) is 6.92 Å². The molecule has 2 N–H and O–H groups in total. The van der Waals surface area contributed by atoms with Gasteiger partial charge >= 0.3 is 0 Å². The molecule has 2 rings (SSSR count). The lowest BCUT2D eigenvalue weighted by atomic mass is 10.1. The van der Waals surface area contributed by atoms with E-state index in [2.05, 4.69) is 29.7 Å². The zero-order valence-electron chi connectivity index (χ0n) is 11.3. The van der Waals surface area contributed by atoms with Gasteiger partial charge in [-0.1, -0.05) is 35.9 Å². The highest BCUT2D eigenvalue weighted by atomic mass is 35.5. The van der Waals surface area contributed by atoms with Crippen LogP contribution in [-0.2, 0) is 11.3 Å². The number of carbonyl (C=O) groups excluding carboxylic acids is 1. The highest BCUT2D eigenvalue weighted by molar-refractivity contribution is 6.30. The number of aryl methyl sites for hydroxylation is 1. The second kappa shape index (κ2) is 7.08. The average Bonchev–Trinajstić information content (AvgIpc) is 2.43. The molecule has 2 aromatic rings. The van der Waals surface area contributed by atoms with Crippen LogP contribution in [0.3, 0.4) is 0 Å². The predicted molar refractivity (Wildman–Crippen MR) is 83.0 cm³/mol. The maximum absolute atomic E-state index is 11.8. The molecule has 0 saturated heterocycles. The van der Waals surface area contributed by atoms with Crippen molar-refractivity contribution in [3.63, 3.8) is 0 Å². The molecule has 20 heavy (non-hydrogen) atoms. The molecule has 0 aromatic heterocycles. The van der Waals surface area contributed by atoms with Crippen molar-refractivity contribution in [2.24, 2.45) is 0 Å². The molecule has 0 heterocycles. The summed E-state index contributed by atoms with van der Waals surface area (Å²) in [6.45, 7) is 3.02. The Hall–Kier alpha value is -1.84. The molecule has 0 aliphatic heterocycles. The third-order valence-electron chi connectivity index (χ3n) is 2.99. The highest BCUT2D eigenvalue weighted by Gasteiger charge is 2.02. The number of anilines is 1. The number of nitrogens with one attached hydrogen (secondary N) is 2. The number of amides is 1. The number of hydrogen-bond donors (Lipinski definition) is 2. The van der Waals surface area contributed by atoms with Crippen molar-refractivity contribution < 1.29 is 4.79 Å². The Morgan fingerprint density at radius 2 is 1.80 bits per heavy atom. The van der Waals surface area contributed by atoms with Crippen molar-refractivity contribution in [1.29, 1.82) is 0 Å². The number of benzene rings is 2. The number of rotatable bonds is 5. The second-order valence-electron chi connectivity index (χ2n) is 4.59. The van der Waals surface area contributed by atoms with Gasteiger partial charge in [-0.15, -0.1) is 0 Å². The molecule has 1 amide bonds. The summed E-state index contributed by atoms with van der Waals surface area (Å²) in [7, 11) is 0. The van der Waals surface area contributed by atoms with E-state index >= 15 is 0 Å². The lowest BCUT2D eigenvalue weighted by Crippen LogP contribution is -2.27. The SMILES string of the molecule is Cc1ccccc1CNCC(=O)Nc1ccc(Cl)cc1. The van der Waals surface area contributed by atoms with E-state index < -0.39 is 0 Å². The van der Waals surface area contributed by atoms with Crippen molar-refractivity contribution >= 4 is 23.2 Å². The van der Waals surface area contributed by atoms with Crippen LogP contribution in [0.1, 0.15) is 11.1 Å². The molecule has 2 aromatic carbocycles. The Kier molecular flexibility index (Phi) is 5.16. The minimum absolute atomic E-state index is 0.0686. The molecule has 0 atom stereocenters. The first-order valence-electron chi connectivity index (χ1n) is 6.46. The smallest absolute Gasteiger partial charge is 0.238 e. The maximum Gasteiger partial charge on any atom is 0.238 e. The van der Waals surface area contributed by atoms with Crippen molar-refractivity contribution in [2.75, 3.05) is 11.9 Å². The molecule has 4 heteroatoms. The summed E-state index contributed by atoms with van der Waals surface area (Å²) in [4.78, 5) is 11.8. The van der Waals surface area contributed by atoms with E-state index in [1.165, 1.54) is 11.1 Å². The number of hydrogen-bond acceptors (Lipinski definition) is 2. The Morgan fingerprint density at radius 3 is 2.50 bits per heavy atom. The molecule has 0 unspecified atom stereocenters. The topological polar surface area (TPSA) is 41.1 Å². The lowest BCUT2D eigenvalue weighted by molar-refractivity contribution is -0.115. The zero-order chi connectivity index (χ0) is 14.4. The maximum atomic E-state index is 11.8. The molecular weight excluding hydrogens is 272 g/mol. The van der Waals surface area contributed by atoms with Crippen LogP contribution < -0.4 is 10.6 Å². The highest BCUT2D eigenvalue weighted by Crippen LogP contribution is 2.13. The first kappa shape index (κ1) is 14.6. The first-order chi connectivity index (χ1) is 9.65. The summed E-state index contributed by atoms with van der Waals surface area (Å²) in [6, 6.07) is 15.2. The fraction of sp³-hybridized carbons (Fsp3) is 0.188. The van der Waals surface area contributed by atoms with E-state index in [-0.39, 0.29) is 12.5 Å². The van der Waals surface area contributed by atoms with E-state index in [1.54, 1.807) is 24.3 Å². The number of halogens is 1. The third kappa shape index (κ3) is 4.37. The van der Waals surface area contributed by atoms with Crippen LogP contribution in [0.4, 0.5) is 5.69 Å². The summed E-state index contributed by atoms with van der Waals surface area (Å²) >= 11 is 5.79. The average molecular weight is 289 g/mol. The van der Waals surface area contributed by atoms with Gasteiger partial charge in [0.1, 0.15) is 0 Å². The molecule has 0 bridgehead atoms. The standard InChI is InChI=1S/C16H17ClN2O/c1-12-4-2-3-5-13(12)10-18-11-16(20)19-15-8-6-14(17)7-9-15/h2-9,18H,10-11H2,1H3,(H,19,20). The number of carbonyl (C=O) groups is 1. The quantitative estimate of drug-likeness (QED) is 0.885. The van der Waals surface area contributed by atoms with Gasteiger partial charge in [-0.25, -0.2) is 0 Å². The largest absolute Gasteiger partial charge is 0.325 e. The monoisotopic (exact) mass is 288 g/mol. The predicted octanol–water partition coefficient (Wildman–Crippen LogP) is 3.38. The lowest BCUT2D eigenvalue weighted by Gasteiger charge is -2.08. The van der Waals surface area contributed by atoms with Crippen LogP contribution in [0.2, 0.25) is 5.02 Å². The van der Waals surface area contributed by atoms with Gasteiger partial charge in [0.25, 0.3) is 0 Å². The Morgan fingerprint density at radius 1 is 1.10 bits per heavy atom. The fourth-order valence-electron chi connectivity index (χ4n) is 1.86. The molecule has 0 spiro atoms. The molecule has 0 fully saturated rings. The Bertz CT molecular complexity index is 581. The van der Waals surface area contributed by atoms with Gasteiger partial charge in [0.15, 0.2) is 0 Å². The molecule has 0 aliphatic carbocycles. The summed E-state index contributed by atoms with van der Waals surface area (Å²) in [5, 5.41) is 6.60. The van der Waals surface area contributed by atoms with Crippen molar-refractivity contribution in [1.82, 2.24) is 5.32 Å². The minimum atomic E-state index is -0.0686. The van der Waals surface area contributed by atoms with Crippen molar-refractivity contribution in [3.05, 3.63) is 64.7 Å². The summed E-state index contributed by atoms with van der Waals surface area (Å²) in [6.07, 6.45) is 0. The van der Waals surface area contributed by atoms with Gasteiger partial charge in [-0.05, 0) is 42.3 Å². The van der Waals surface area contributed by atoms with E-state index in [1.807, 2.05) is 12.1 Å². The van der Waals surface area contributed by atoms with E-state index in [0.717, 1.165) is 5.69 Å². The Labute approximate surface area is 124 Å². The van der Waals surface area contributed by atoms with Gasteiger partial charge in [-0.3, -0.25) is 4.79 Å². The third-order valence-corrected chi connectivity index (χ3v) is 3.24. The van der Waals surface area contributed by atoms with E-state index in [9.17, 15) is 4.79 Å². The van der Waals surface area contributed by atoms with Crippen LogP contribution in [-0.4, -0.2) is 12.5 Å². The molecule has 104 valence electrons. The van der Waals surface area contributed by atoms with Gasteiger partial charge in [0.2, 0.25) is 5.91 Å². The van der Waals surface area contributed by atoms with Crippen molar-refractivity contribution in [3.8, 4) is 0 Å². The normalized spacial score (nSPS) is 10.3. The molecule has 0 saturated carbocycles. The van der Waals surface area contributed by atoms with Crippen LogP contribution in [0.5, 0.6) is 0 Å². The summed E-state index contributed by atoms with van der Waals surface area (Å²) < 4.78 is 0. The fourth-order valence-corrected chi connectivity index (χ4v) is 1.98. The van der Waals surface area contributed by atoms with Gasteiger partial charge in [-0.2, -0.15) is 0 Å². The molecule has 3 nitrogen and oxygen atoms in total. The molecule has 0 aliphatic rings. The van der Waals surface area contributed by atoms with Crippen LogP contribution in [0.25, 0.3) is 0 Å². The zero-order valence-corrected chi connectivity index (χ0v) is 12.1. The van der Waals surface area contributed by atoms with E-state index in [0.29, 0.717) is 11.6 Å². The Balaban J connectivity index is 1.78. The molecule has 0 radical (unpaired) electrons. The second-order valence-corrected chi connectivity index (χ2v) is 5.02. The summed E-state index contributed by atoms with van der Waals surface area (Å²) in [5.74, 6) is -0.0686. The van der Waals surface area contributed by atoms with Crippen LogP contribution >= 0.6 is 11.6 Å². The van der Waals surface area contributed by atoms with Gasteiger partial charge < -0.3 is 10.6 Å². The van der Waals surface area contributed by atoms with Gasteiger partial charge in [0, 0.05) is 17.3 Å². The minimum Gasteiger partial charge on any atom is -0.325 e.